The number of rotatable bonds is 3. The number of piperidine rings is 1. The molecule has 3 saturated heterocycles. The van der Waals surface area contributed by atoms with Crippen LogP contribution in [-0.4, -0.2) is 85.6 Å². The van der Waals surface area contributed by atoms with Gasteiger partial charge < -0.3 is 10.2 Å². The largest absolute Gasteiger partial charge is 0.342 e. The van der Waals surface area contributed by atoms with Crippen LogP contribution in [0.5, 0.6) is 0 Å². The highest BCUT2D eigenvalue weighted by molar-refractivity contribution is 5.85. The molecular formula is C15H29ClN4O. The monoisotopic (exact) mass is 316 g/mol. The van der Waals surface area contributed by atoms with E-state index in [2.05, 4.69) is 20.0 Å². The van der Waals surface area contributed by atoms with Crippen molar-refractivity contribution in [2.45, 2.75) is 31.7 Å². The standard InChI is InChI=1S/C15H28N4O.ClH/c20-15(19-6-2-1-3-7-19)13-17-8-10-18(11-9-17)14-4-5-16-12-14;/h14,16H,1-13H2;1H. The van der Waals surface area contributed by atoms with Gasteiger partial charge in [-0.15, -0.1) is 12.4 Å². The van der Waals surface area contributed by atoms with Crippen LogP contribution in [0.3, 0.4) is 0 Å². The molecule has 1 atom stereocenters. The molecule has 5 nitrogen and oxygen atoms in total. The van der Waals surface area contributed by atoms with Gasteiger partial charge >= 0.3 is 0 Å². The summed E-state index contributed by atoms with van der Waals surface area (Å²) in [5, 5.41) is 3.44. The second kappa shape index (κ2) is 8.32. The van der Waals surface area contributed by atoms with Crippen LogP contribution in [0.1, 0.15) is 25.7 Å². The number of nitrogens with zero attached hydrogens (tertiary/aromatic N) is 3. The molecule has 21 heavy (non-hydrogen) atoms. The van der Waals surface area contributed by atoms with Gasteiger partial charge in [0.2, 0.25) is 5.91 Å². The molecule has 0 aromatic carbocycles. The van der Waals surface area contributed by atoms with Gasteiger partial charge in [0.1, 0.15) is 0 Å². The molecule has 0 spiro atoms. The molecule has 122 valence electrons. The molecule has 3 aliphatic rings. The molecule has 6 heteroatoms. The molecule has 3 aliphatic heterocycles. The summed E-state index contributed by atoms with van der Waals surface area (Å²) < 4.78 is 0. The summed E-state index contributed by atoms with van der Waals surface area (Å²) >= 11 is 0. The highest BCUT2D eigenvalue weighted by Crippen LogP contribution is 2.13. The molecule has 3 rings (SSSR count). The maximum absolute atomic E-state index is 12.3. The lowest BCUT2D eigenvalue weighted by atomic mass is 10.1. The van der Waals surface area contributed by atoms with Gasteiger partial charge in [0.25, 0.3) is 0 Å². The second-order valence-electron chi connectivity index (χ2n) is 6.40. The SMILES string of the molecule is Cl.O=C(CN1CCN(C2CCNC2)CC1)N1CCCCC1. The first-order valence-corrected chi connectivity index (χ1v) is 8.28. The van der Waals surface area contributed by atoms with E-state index in [9.17, 15) is 4.79 Å². The Morgan fingerprint density at radius 3 is 2.33 bits per heavy atom. The Kier molecular flexibility index (Phi) is 6.74. The van der Waals surface area contributed by atoms with Crippen molar-refractivity contribution in [3.8, 4) is 0 Å². The van der Waals surface area contributed by atoms with Crippen molar-refractivity contribution in [3.63, 3.8) is 0 Å². The highest BCUT2D eigenvalue weighted by Gasteiger charge is 2.27. The molecule has 0 aromatic rings. The summed E-state index contributed by atoms with van der Waals surface area (Å²) in [5.74, 6) is 0.348. The minimum absolute atomic E-state index is 0. The lowest BCUT2D eigenvalue weighted by Crippen LogP contribution is -2.53. The number of carbonyl (C=O) groups excluding carboxylic acids is 1. The van der Waals surface area contributed by atoms with Crippen LogP contribution in [0.2, 0.25) is 0 Å². The average Bonchev–Trinajstić information content (AvgIpc) is 3.03. The quantitative estimate of drug-likeness (QED) is 0.818. The van der Waals surface area contributed by atoms with Crippen molar-refractivity contribution < 1.29 is 4.79 Å². The van der Waals surface area contributed by atoms with Crippen molar-refractivity contribution in [1.82, 2.24) is 20.0 Å². The van der Waals surface area contributed by atoms with Crippen LogP contribution < -0.4 is 5.32 Å². The molecule has 0 saturated carbocycles. The second-order valence-corrected chi connectivity index (χ2v) is 6.40. The lowest BCUT2D eigenvalue weighted by molar-refractivity contribution is -0.133. The van der Waals surface area contributed by atoms with E-state index in [4.69, 9.17) is 0 Å². The third kappa shape index (κ3) is 4.55. The fourth-order valence-corrected chi connectivity index (χ4v) is 3.67. The maximum Gasteiger partial charge on any atom is 0.236 e. The fourth-order valence-electron chi connectivity index (χ4n) is 3.67. The summed E-state index contributed by atoms with van der Waals surface area (Å²) in [6.45, 7) is 9.26. The van der Waals surface area contributed by atoms with Crippen molar-refractivity contribution in [2.24, 2.45) is 0 Å². The summed E-state index contributed by atoms with van der Waals surface area (Å²) in [6.07, 6.45) is 4.95. The highest BCUT2D eigenvalue weighted by atomic mass is 35.5. The van der Waals surface area contributed by atoms with Gasteiger partial charge in [-0.1, -0.05) is 0 Å². The van der Waals surface area contributed by atoms with E-state index in [-0.39, 0.29) is 12.4 Å². The summed E-state index contributed by atoms with van der Waals surface area (Å²) in [5.41, 5.74) is 0. The van der Waals surface area contributed by atoms with Crippen LogP contribution in [0.4, 0.5) is 0 Å². The Morgan fingerprint density at radius 1 is 1.00 bits per heavy atom. The van der Waals surface area contributed by atoms with E-state index in [1.807, 2.05) is 0 Å². The minimum atomic E-state index is 0. The third-order valence-electron chi connectivity index (χ3n) is 5.03. The van der Waals surface area contributed by atoms with E-state index >= 15 is 0 Å². The Balaban J connectivity index is 0.00000161. The molecule has 0 bridgehead atoms. The average molecular weight is 317 g/mol. The number of carbonyl (C=O) groups is 1. The topological polar surface area (TPSA) is 38.8 Å². The van der Waals surface area contributed by atoms with Crippen molar-refractivity contribution in [3.05, 3.63) is 0 Å². The van der Waals surface area contributed by atoms with Gasteiger partial charge in [-0.25, -0.2) is 0 Å². The normalized spacial score (nSPS) is 28.4. The van der Waals surface area contributed by atoms with Gasteiger partial charge in [-0.3, -0.25) is 14.6 Å². The fraction of sp³-hybridized carbons (Fsp3) is 0.933. The number of hydrogen-bond donors (Lipinski definition) is 1. The van der Waals surface area contributed by atoms with Gasteiger partial charge in [0.05, 0.1) is 6.54 Å². The Hall–Kier alpha value is -0.360. The van der Waals surface area contributed by atoms with Gasteiger partial charge in [-0.2, -0.15) is 0 Å². The van der Waals surface area contributed by atoms with E-state index in [0.29, 0.717) is 12.5 Å². The zero-order valence-corrected chi connectivity index (χ0v) is 13.7. The number of nitrogens with one attached hydrogen (secondary N) is 1. The number of amides is 1. The summed E-state index contributed by atoms with van der Waals surface area (Å²) in [6, 6.07) is 0.731. The molecule has 1 unspecified atom stereocenters. The van der Waals surface area contributed by atoms with Crippen molar-refractivity contribution in [2.75, 3.05) is 58.9 Å². The minimum Gasteiger partial charge on any atom is -0.342 e. The first-order valence-electron chi connectivity index (χ1n) is 8.28. The summed E-state index contributed by atoms with van der Waals surface area (Å²) in [4.78, 5) is 19.3. The first-order chi connectivity index (χ1) is 9.83. The molecular weight excluding hydrogens is 288 g/mol. The predicted molar refractivity (Wildman–Crippen MR) is 87.0 cm³/mol. The van der Waals surface area contributed by atoms with Crippen molar-refractivity contribution >= 4 is 18.3 Å². The van der Waals surface area contributed by atoms with Crippen LogP contribution in [0.25, 0.3) is 0 Å². The summed E-state index contributed by atoms with van der Waals surface area (Å²) in [7, 11) is 0. The number of halogens is 1. The van der Waals surface area contributed by atoms with E-state index in [0.717, 1.165) is 51.9 Å². The molecule has 0 radical (unpaired) electrons. The molecule has 1 amide bonds. The molecule has 0 aliphatic carbocycles. The van der Waals surface area contributed by atoms with Crippen LogP contribution in [0, 0.1) is 0 Å². The van der Waals surface area contributed by atoms with Crippen molar-refractivity contribution in [1.29, 1.82) is 0 Å². The first kappa shape index (κ1) is 17.0. The van der Waals surface area contributed by atoms with E-state index < -0.39 is 0 Å². The number of hydrogen-bond acceptors (Lipinski definition) is 4. The van der Waals surface area contributed by atoms with Gasteiger partial charge in [0.15, 0.2) is 0 Å². The van der Waals surface area contributed by atoms with Gasteiger partial charge in [0, 0.05) is 51.9 Å². The van der Waals surface area contributed by atoms with Crippen LogP contribution in [-0.2, 0) is 4.79 Å². The zero-order chi connectivity index (χ0) is 13.8. The third-order valence-corrected chi connectivity index (χ3v) is 5.03. The number of likely N-dealkylation sites (tertiary alicyclic amines) is 1. The lowest BCUT2D eigenvalue weighted by Gasteiger charge is -2.38. The molecule has 3 heterocycles. The van der Waals surface area contributed by atoms with E-state index in [1.54, 1.807) is 0 Å². The Labute approximate surface area is 134 Å². The predicted octanol–water partition coefficient (Wildman–Crippen LogP) is 0.400. The van der Waals surface area contributed by atoms with E-state index in [1.165, 1.54) is 32.2 Å². The zero-order valence-electron chi connectivity index (χ0n) is 12.9. The van der Waals surface area contributed by atoms with Crippen LogP contribution >= 0.6 is 12.4 Å². The molecule has 1 N–H and O–H groups in total. The maximum atomic E-state index is 12.3. The smallest absolute Gasteiger partial charge is 0.236 e. The molecule has 0 aromatic heterocycles. The Bertz CT molecular complexity index is 322. The Morgan fingerprint density at radius 2 is 1.71 bits per heavy atom. The number of piperazine rings is 1. The molecule has 3 fully saturated rings. The van der Waals surface area contributed by atoms with Crippen LogP contribution in [0.15, 0.2) is 0 Å². The van der Waals surface area contributed by atoms with Gasteiger partial charge in [-0.05, 0) is 32.2 Å².